The van der Waals surface area contributed by atoms with Crippen LogP contribution < -0.4 is 0 Å². The summed E-state index contributed by atoms with van der Waals surface area (Å²) < 4.78 is 9.09. The van der Waals surface area contributed by atoms with Crippen LogP contribution in [0.1, 0.15) is 16.8 Å². The quantitative estimate of drug-likeness (QED) is 0.335. The van der Waals surface area contributed by atoms with Gasteiger partial charge in [0.05, 0.1) is 11.2 Å². The summed E-state index contributed by atoms with van der Waals surface area (Å²) in [6, 6.07) is 17.9. The van der Waals surface area contributed by atoms with Crippen molar-refractivity contribution in [2.24, 2.45) is 0 Å². The van der Waals surface area contributed by atoms with E-state index in [1.165, 1.54) is 0 Å². The highest BCUT2D eigenvalue weighted by Crippen LogP contribution is 2.19. The normalized spacial score (nSPS) is 10.9. The van der Waals surface area contributed by atoms with E-state index in [0.717, 1.165) is 27.7 Å². The van der Waals surface area contributed by atoms with Gasteiger partial charge in [0.25, 0.3) is 0 Å². The molecule has 0 aliphatic heterocycles. The number of alkyl halides is 1. The summed E-state index contributed by atoms with van der Waals surface area (Å²) in [5, 5.41) is 1.78. The molecule has 0 aliphatic rings. The third-order valence-electron chi connectivity index (χ3n) is 3.23. The van der Waals surface area contributed by atoms with E-state index in [1.54, 1.807) is 0 Å². The molecule has 25 heavy (non-hydrogen) atoms. The van der Waals surface area contributed by atoms with Crippen molar-refractivity contribution in [2.45, 2.75) is 5.88 Å². The zero-order valence-electron chi connectivity index (χ0n) is 12.8. The van der Waals surface area contributed by atoms with Gasteiger partial charge in [-0.2, -0.15) is 0 Å². The topological polar surface area (TPSA) is 30.0 Å². The molecule has 0 bridgehead atoms. The third-order valence-corrected chi connectivity index (χ3v) is 3.77. The Hall–Kier alpha value is -1.10. The van der Waals surface area contributed by atoms with Crippen LogP contribution in [0, 0.1) is 0 Å². The number of nitrogens with zero attached hydrogens (tertiary/aromatic N) is 1. The van der Waals surface area contributed by atoms with Crippen molar-refractivity contribution in [2.75, 3.05) is 0 Å². The van der Waals surface area contributed by atoms with Crippen molar-refractivity contribution in [1.82, 2.24) is 4.98 Å². The molecule has 0 saturated carbocycles. The number of fused-ring (bicyclic) bond motifs is 1. The number of benzene rings is 2. The standard InChI is InChI=1S/C18H13Cl2N.Cl2OS/c19-12-14-3-1-2-13(10-14)4-8-17-9-6-15-5-7-16(20)11-18(15)21-17;1-4(2)3/h1-11H,12H2;/b8-4+;. The van der Waals surface area contributed by atoms with Crippen LogP contribution in [-0.2, 0) is 15.1 Å². The maximum absolute atomic E-state index is 9.09. The van der Waals surface area contributed by atoms with Gasteiger partial charge < -0.3 is 0 Å². The minimum absolute atomic E-state index is 0.522. The van der Waals surface area contributed by atoms with Gasteiger partial charge in [-0.1, -0.05) is 54.1 Å². The molecule has 0 fully saturated rings. The minimum Gasteiger partial charge on any atom is -0.248 e. The summed E-state index contributed by atoms with van der Waals surface area (Å²) in [7, 11) is 7.36. The molecule has 0 radical (unpaired) electrons. The van der Waals surface area contributed by atoms with E-state index >= 15 is 0 Å². The number of halogens is 4. The summed E-state index contributed by atoms with van der Waals surface area (Å²) in [4.78, 5) is 4.60. The summed E-state index contributed by atoms with van der Waals surface area (Å²) in [5.41, 5.74) is 4.03. The van der Waals surface area contributed by atoms with Gasteiger partial charge in [0, 0.05) is 37.7 Å². The summed E-state index contributed by atoms with van der Waals surface area (Å²) >= 11 is 11.9. The summed E-state index contributed by atoms with van der Waals surface area (Å²) in [5.74, 6) is 0.522. The van der Waals surface area contributed by atoms with Gasteiger partial charge in [-0.3, -0.25) is 0 Å². The van der Waals surface area contributed by atoms with Crippen LogP contribution in [0.15, 0.2) is 54.6 Å². The second-order valence-electron chi connectivity index (χ2n) is 4.97. The Morgan fingerprint density at radius 3 is 2.44 bits per heavy atom. The van der Waals surface area contributed by atoms with E-state index in [4.69, 9.17) is 27.4 Å². The van der Waals surface area contributed by atoms with Crippen molar-refractivity contribution in [3.8, 4) is 0 Å². The number of pyridine rings is 1. The highest BCUT2D eigenvalue weighted by molar-refractivity contribution is 8.26. The molecule has 7 heteroatoms. The van der Waals surface area contributed by atoms with Crippen LogP contribution >= 0.6 is 44.6 Å². The number of hydrogen-bond donors (Lipinski definition) is 0. The molecule has 3 aromatic rings. The molecule has 2 nitrogen and oxygen atoms in total. The molecule has 0 N–H and O–H groups in total. The lowest BCUT2D eigenvalue weighted by Gasteiger charge is -2.00. The van der Waals surface area contributed by atoms with Crippen LogP contribution in [0.3, 0.4) is 0 Å². The van der Waals surface area contributed by atoms with Gasteiger partial charge in [-0.05, 0) is 35.4 Å². The van der Waals surface area contributed by atoms with E-state index in [1.807, 2.05) is 60.7 Å². The first-order chi connectivity index (χ1) is 12.0. The molecule has 0 amide bonds. The predicted octanol–water partition coefficient (Wildman–Crippen LogP) is 6.84. The SMILES string of the molecule is ClCc1cccc(/C=C/c2ccc3ccc(Cl)cc3n2)c1.O=S(Cl)Cl. The maximum atomic E-state index is 9.09. The summed E-state index contributed by atoms with van der Waals surface area (Å²) in [6.45, 7) is 0. The average Bonchev–Trinajstić information content (AvgIpc) is 2.59. The molecule has 0 spiro atoms. The lowest BCUT2D eigenvalue weighted by Crippen LogP contribution is -1.83. The van der Waals surface area contributed by atoms with Crippen molar-refractivity contribution >= 4 is 76.8 Å². The van der Waals surface area contributed by atoms with Gasteiger partial charge in [-0.25, -0.2) is 9.19 Å². The smallest absolute Gasteiger partial charge is 0.211 e. The van der Waals surface area contributed by atoms with Gasteiger partial charge in [0.2, 0.25) is 9.23 Å². The Morgan fingerprint density at radius 2 is 1.72 bits per heavy atom. The van der Waals surface area contributed by atoms with Crippen molar-refractivity contribution in [1.29, 1.82) is 0 Å². The molecule has 2 aromatic carbocycles. The Labute approximate surface area is 167 Å². The Kier molecular flexibility index (Phi) is 8.20. The zero-order chi connectivity index (χ0) is 18.2. The van der Waals surface area contributed by atoms with Gasteiger partial charge in [-0.15, -0.1) is 11.6 Å². The van der Waals surface area contributed by atoms with Crippen LogP contribution in [-0.4, -0.2) is 9.19 Å². The number of aromatic nitrogens is 1. The molecule has 1 heterocycles. The Bertz CT molecular complexity index is 910. The molecule has 0 saturated heterocycles. The van der Waals surface area contributed by atoms with Crippen molar-refractivity contribution in [3.63, 3.8) is 0 Å². The van der Waals surface area contributed by atoms with Crippen LogP contribution in [0.25, 0.3) is 23.1 Å². The second kappa shape index (κ2) is 10.1. The lowest BCUT2D eigenvalue weighted by molar-refractivity contribution is 0.698. The highest BCUT2D eigenvalue weighted by Gasteiger charge is 1.98. The molecule has 0 aliphatic carbocycles. The average molecular weight is 433 g/mol. The largest absolute Gasteiger partial charge is 0.248 e. The molecule has 0 unspecified atom stereocenters. The van der Waals surface area contributed by atoms with Crippen molar-refractivity contribution < 1.29 is 4.21 Å². The number of hydrogen-bond acceptors (Lipinski definition) is 2. The van der Waals surface area contributed by atoms with Crippen LogP contribution in [0.5, 0.6) is 0 Å². The van der Waals surface area contributed by atoms with E-state index in [-0.39, 0.29) is 0 Å². The molecular weight excluding hydrogens is 420 g/mol. The Morgan fingerprint density at radius 1 is 1.00 bits per heavy atom. The highest BCUT2D eigenvalue weighted by atomic mass is 36.0. The van der Waals surface area contributed by atoms with Gasteiger partial charge in [0.15, 0.2) is 0 Å². The van der Waals surface area contributed by atoms with E-state index < -0.39 is 9.23 Å². The maximum Gasteiger partial charge on any atom is 0.211 e. The molecular formula is C18H13Cl4NOS. The first kappa shape index (κ1) is 20.2. The molecule has 1 aromatic heterocycles. The molecule has 3 rings (SSSR count). The molecule has 130 valence electrons. The summed E-state index contributed by atoms with van der Waals surface area (Å²) in [6.07, 6.45) is 4.03. The fourth-order valence-electron chi connectivity index (χ4n) is 2.16. The minimum atomic E-state index is -1.67. The van der Waals surface area contributed by atoms with E-state index in [9.17, 15) is 0 Å². The number of rotatable bonds is 3. The van der Waals surface area contributed by atoms with Gasteiger partial charge >= 0.3 is 0 Å². The third kappa shape index (κ3) is 6.96. The second-order valence-corrected chi connectivity index (χ2v) is 8.20. The zero-order valence-corrected chi connectivity index (χ0v) is 16.7. The van der Waals surface area contributed by atoms with Crippen molar-refractivity contribution in [3.05, 3.63) is 76.4 Å². The molecule has 0 atom stereocenters. The lowest BCUT2D eigenvalue weighted by atomic mass is 10.1. The van der Waals surface area contributed by atoms with E-state index in [0.29, 0.717) is 10.9 Å². The fraction of sp³-hybridized carbons (Fsp3) is 0.0556. The van der Waals surface area contributed by atoms with Gasteiger partial charge in [0.1, 0.15) is 0 Å². The first-order valence-corrected chi connectivity index (χ1v) is 10.8. The van der Waals surface area contributed by atoms with Crippen LogP contribution in [0.4, 0.5) is 0 Å². The Balaban J connectivity index is 0.000000511. The van der Waals surface area contributed by atoms with Crippen LogP contribution in [0.2, 0.25) is 5.02 Å². The first-order valence-electron chi connectivity index (χ1n) is 7.11. The predicted molar refractivity (Wildman–Crippen MR) is 112 cm³/mol. The monoisotopic (exact) mass is 431 g/mol. The van der Waals surface area contributed by atoms with E-state index in [2.05, 4.69) is 32.4 Å². The fourth-order valence-corrected chi connectivity index (χ4v) is 2.49.